The Hall–Kier alpha value is -0.120. The highest BCUT2D eigenvalue weighted by atomic mass is 16.5. The SMILES string of the molecule is COCC1(CN2CCCCCCC2)CCNCC1. The molecule has 0 radical (unpaired) electrons. The molecule has 0 aromatic rings. The molecule has 3 nitrogen and oxygen atoms in total. The van der Waals surface area contributed by atoms with Crippen LogP contribution in [0.15, 0.2) is 0 Å². The van der Waals surface area contributed by atoms with Gasteiger partial charge in [-0.2, -0.15) is 0 Å². The van der Waals surface area contributed by atoms with Crippen LogP contribution in [-0.2, 0) is 4.74 Å². The van der Waals surface area contributed by atoms with Gasteiger partial charge in [-0.05, 0) is 51.9 Å². The van der Waals surface area contributed by atoms with Gasteiger partial charge in [0.15, 0.2) is 0 Å². The lowest BCUT2D eigenvalue weighted by Crippen LogP contribution is -2.47. The first-order chi connectivity index (χ1) is 8.85. The zero-order valence-electron chi connectivity index (χ0n) is 12.0. The number of rotatable bonds is 4. The van der Waals surface area contributed by atoms with E-state index in [4.69, 9.17) is 4.74 Å². The third-order valence-electron chi connectivity index (χ3n) is 4.62. The Balaban J connectivity index is 1.89. The predicted octanol–water partition coefficient (Wildman–Crippen LogP) is 2.27. The lowest BCUT2D eigenvalue weighted by atomic mass is 9.79. The first-order valence-electron chi connectivity index (χ1n) is 7.77. The molecule has 2 rings (SSSR count). The van der Waals surface area contributed by atoms with Crippen molar-refractivity contribution in [1.29, 1.82) is 0 Å². The molecule has 0 spiro atoms. The predicted molar refractivity (Wildman–Crippen MR) is 75.9 cm³/mol. The normalized spacial score (nSPS) is 26.5. The highest BCUT2D eigenvalue weighted by Gasteiger charge is 2.33. The highest BCUT2D eigenvalue weighted by molar-refractivity contribution is 4.87. The van der Waals surface area contributed by atoms with E-state index in [9.17, 15) is 0 Å². The van der Waals surface area contributed by atoms with Gasteiger partial charge >= 0.3 is 0 Å². The molecule has 2 fully saturated rings. The molecule has 2 heterocycles. The Morgan fingerprint density at radius 3 is 2.22 bits per heavy atom. The second-order valence-electron chi connectivity index (χ2n) is 6.23. The largest absolute Gasteiger partial charge is 0.384 e. The smallest absolute Gasteiger partial charge is 0.0531 e. The van der Waals surface area contributed by atoms with Crippen molar-refractivity contribution in [3.63, 3.8) is 0 Å². The second-order valence-corrected chi connectivity index (χ2v) is 6.23. The van der Waals surface area contributed by atoms with Gasteiger partial charge in [-0.25, -0.2) is 0 Å². The van der Waals surface area contributed by atoms with Crippen LogP contribution in [0.25, 0.3) is 0 Å². The van der Waals surface area contributed by atoms with Crippen molar-refractivity contribution in [3.05, 3.63) is 0 Å². The van der Waals surface area contributed by atoms with Crippen molar-refractivity contribution in [2.24, 2.45) is 5.41 Å². The fraction of sp³-hybridized carbons (Fsp3) is 1.00. The fourth-order valence-electron chi connectivity index (χ4n) is 3.56. The molecule has 1 N–H and O–H groups in total. The molecule has 0 bridgehead atoms. The van der Waals surface area contributed by atoms with Crippen LogP contribution >= 0.6 is 0 Å². The lowest BCUT2D eigenvalue weighted by Gasteiger charge is -2.41. The first-order valence-corrected chi connectivity index (χ1v) is 7.77. The lowest BCUT2D eigenvalue weighted by molar-refractivity contribution is 0.0205. The second kappa shape index (κ2) is 7.46. The maximum Gasteiger partial charge on any atom is 0.0531 e. The van der Waals surface area contributed by atoms with Crippen molar-refractivity contribution in [1.82, 2.24) is 10.2 Å². The molecule has 0 aliphatic carbocycles. The molecule has 0 atom stereocenters. The molecule has 3 heteroatoms. The summed E-state index contributed by atoms with van der Waals surface area (Å²) in [7, 11) is 1.86. The van der Waals surface area contributed by atoms with Crippen molar-refractivity contribution in [2.75, 3.05) is 46.4 Å². The minimum absolute atomic E-state index is 0.416. The Bertz CT molecular complexity index is 213. The number of hydrogen-bond acceptors (Lipinski definition) is 3. The van der Waals surface area contributed by atoms with Crippen molar-refractivity contribution in [2.45, 2.75) is 44.9 Å². The number of nitrogens with one attached hydrogen (secondary N) is 1. The van der Waals surface area contributed by atoms with Crippen LogP contribution in [0.3, 0.4) is 0 Å². The average molecular weight is 254 g/mol. The van der Waals surface area contributed by atoms with Crippen molar-refractivity contribution < 1.29 is 4.74 Å². The number of nitrogens with zero attached hydrogens (tertiary/aromatic N) is 1. The van der Waals surface area contributed by atoms with Gasteiger partial charge in [0, 0.05) is 19.1 Å². The monoisotopic (exact) mass is 254 g/mol. The number of ether oxygens (including phenoxy) is 1. The van der Waals surface area contributed by atoms with E-state index in [1.165, 1.54) is 64.6 Å². The summed E-state index contributed by atoms with van der Waals surface area (Å²) in [5.74, 6) is 0. The molecule has 2 saturated heterocycles. The number of methoxy groups -OCH3 is 1. The molecule has 0 aromatic heterocycles. The van der Waals surface area contributed by atoms with Crippen molar-refractivity contribution in [3.8, 4) is 0 Å². The van der Waals surface area contributed by atoms with Crippen LogP contribution in [0.5, 0.6) is 0 Å². The van der Waals surface area contributed by atoms with E-state index in [0.717, 1.165) is 19.7 Å². The summed E-state index contributed by atoms with van der Waals surface area (Å²) < 4.78 is 5.53. The van der Waals surface area contributed by atoms with Crippen LogP contribution < -0.4 is 5.32 Å². The summed E-state index contributed by atoms with van der Waals surface area (Å²) in [6.45, 7) is 7.12. The maximum absolute atomic E-state index is 5.53. The summed E-state index contributed by atoms with van der Waals surface area (Å²) in [6, 6.07) is 0. The van der Waals surface area contributed by atoms with E-state index < -0.39 is 0 Å². The van der Waals surface area contributed by atoms with Crippen LogP contribution in [0.2, 0.25) is 0 Å². The Kier molecular flexibility index (Phi) is 5.93. The maximum atomic E-state index is 5.53. The quantitative estimate of drug-likeness (QED) is 0.833. The Labute approximate surface area is 112 Å². The van der Waals surface area contributed by atoms with E-state index in [2.05, 4.69) is 10.2 Å². The van der Waals surface area contributed by atoms with Gasteiger partial charge < -0.3 is 15.0 Å². The number of likely N-dealkylation sites (tertiary alicyclic amines) is 1. The summed E-state index contributed by atoms with van der Waals surface area (Å²) in [5.41, 5.74) is 0.416. The van der Waals surface area contributed by atoms with Gasteiger partial charge in [-0.15, -0.1) is 0 Å². The van der Waals surface area contributed by atoms with Crippen LogP contribution in [0.4, 0.5) is 0 Å². The zero-order valence-corrected chi connectivity index (χ0v) is 12.0. The third-order valence-corrected chi connectivity index (χ3v) is 4.62. The zero-order chi connectivity index (χ0) is 12.7. The highest BCUT2D eigenvalue weighted by Crippen LogP contribution is 2.31. The van der Waals surface area contributed by atoms with Crippen molar-refractivity contribution >= 4 is 0 Å². The molecule has 0 saturated carbocycles. The van der Waals surface area contributed by atoms with E-state index in [1.807, 2.05) is 7.11 Å². The first kappa shape index (κ1) is 14.3. The van der Waals surface area contributed by atoms with Gasteiger partial charge in [0.2, 0.25) is 0 Å². The van der Waals surface area contributed by atoms with Gasteiger partial charge in [-0.3, -0.25) is 0 Å². The molecule has 2 aliphatic rings. The Morgan fingerprint density at radius 2 is 1.61 bits per heavy atom. The summed E-state index contributed by atoms with van der Waals surface area (Å²) in [4.78, 5) is 2.71. The molecule has 0 unspecified atom stereocenters. The topological polar surface area (TPSA) is 24.5 Å². The molecule has 0 amide bonds. The van der Waals surface area contributed by atoms with E-state index in [1.54, 1.807) is 0 Å². The Morgan fingerprint density at radius 1 is 1.00 bits per heavy atom. The van der Waals surface area contributed by atoms with E-state index in [-0.39, 0.29) is 0 Å². The van der Waals surface area contributed by atoms with Crippen LogP contribution in [0.1, 0.15) is 44.9 Å². The standard InChI is InChI=1S/C15H30N2O/c1-18-14-15(7-9-16-10-8-15)13-17-11-5-3-2-4-6-12-17/h16H,2-14H2,1H3. The summed E-state index contributed by atoms with van der Waals surface area (Å²) >= 11 is 0. The van der Waals surface area contributed by atoms with Gasteiger partial charge in [0.05, 0.1) is 6.61 Å². The molecular formula is C15H30N2O. The van der Waals surface area contributed by atoms with Gasteiger partial charge in [0.25, 0.3) is 0 Å². The summed E-state index contributed by atoms with van der Waals surface area (Å²) in [6.07, 6.45) is 9.63. The van der Waals surface area contributed by atoms with Crippen LogP contribution in [-0.4, -0.2) is 51.3 Å². The number of piperidine rings is 1. The molecular weight excluding hydrogens is 224 g/mol. The minimum Gasteiger partial charge on any atom is -0.384 e. The third kappa shape index (κ3) is 4.22. The van der Waals surface area contributed by atoms with Crippen LogP contribution in [0, 0.1) is 5.41 Å². The average Bonchev–Trinajstić information content (AvgIpc) is 2.34. The molecule has 106 valence electrons. The number of hydrogen-bond donors (Lipinski definition) is 1. The van der Waals surface area contributed by atoms with Gasteiger partial charge in [0.1, 0.15) is 0 Å². The van der Waals surface area contributed by atoms with E-state index >= 15 is 0 Å². The summed E-state index contributed by atoms with van der Waals surface area (Å²) in [5, 5.41) is 3.48. The molecule has 0 aromatic carbocycles. The molecule has 2 aliphatic heterocycles. The fourth-order valence-corrected chi connectivity index (χ4v) is 3.56. The van der Waals surface area contributed by atoms with E-state index in [0.29, 0.717) is 5.41 Å². The molecule has 18 heavy (non-hydrogen) atoms. The van der Waals surface area contributed by atoms with Gasteiger partial charge in [-0.1, -0.05) is 19.3 Å². The minimum atomic E-state index is 0.416.